The van der Waals surface area contributed by atoms with Gasteiger partial charge >= 0.3 is 0 Å². The lowest BCUT2D eigenvalue weighted by atomic mass is 9.97. The summed E-state index contributed by atoms with van der Waals surface area (Å²) in [6, 6.07) is 15.9. The molecule has 0 aliphatic carbocycles. The van der Waals surface area contributed by atoms with Crippen molar-refractivity contribution in [1.29, 1.82) is 0 Å². The van der Waals surface area contributed by atoms with Crippen molar-refractivity contribution in [3.63, 3.8) is 0 Å². The fraction of sp³-hybridized carbons (Fsp3) is 0.292. The molecule has 5 rings (SSSR count). The maximum Gasteiger partial charge on any atom is 0.257 e. The van der Waals surface area contributed by atoms with Gasteiger partial charge in [0.2, 0.25) is 0 Å². The van der Waals surface area contributed by atoms with Crippen molar-refractivity contribution in [2.75, 3.05) is 13.1 Å². The highest BCUT2D eigenvalue weighted by Gasteiger charge is 2.30. The Balaban J connectivity index is 1.38. The van der Waals surface area contributed by atoms with Crippen LogP contribution in [0.25, 0.3) is 16.8 Å². The molecule has 152 valence electrons. The van der Waals surface area contributed by atoms with Gasteiger partial charge in [-0.2, -0.15) is 5.10 Å². The average molecular weight is 400 g/mol. The Bertz CT molecular complexity index is 1190. The van der Waals surface area contributed by atoms with E-state index in [9.17, 15) is 4.79 Å². The van der Waals surface area contributed by atoms with Crippen LogP contribution >= 0.6 is 0 Å². The van der Waals surface area contributed by atoms with Gasteiger partial charge in [-0.3, -0.25) is 4.79 Å². The first-order valence-electron chi connectivity index (χ1n) is 10.4. The lowest BCUT2D eigenvalue weighted by molar-refractivity contribution is 0.0698. The Morgan fingerprint density at radius 3 is 2.83 bits per heavy atom. The summed E-state index contributed by atoms with van der Waals surface area (Å²) in [5.74, 6) is 0.857. The second-order valence-corrected chi connectivity index (χ2v) is 8.00. The summed E-state index contributed by atoms with van der Waals surface area (Å²) in [4.78, 5) is 19.9. The number of rotatable bonds is 3. The summed E-state index contributed by atoms with van der Waals surface area (Å²) in [5.41, 5.74) is 5.30. The van der Waals surface area contributed by atoms with Crippen LogP contribution in [0.4, 0.5) is 0 Å². The van der Waals surface area contributed by atoms with Crippen LogP contribution in [0.1, 0.15) is 46.3 Å². The zero-order valence-electron chi connectivity index (χ0n) is 17.2. The van der Waals surface area contributed by atoms with Crippen LogP contribution in [0, 0.1) is 13.8 Å². The highest BCUT2D eigenvalue weighted by molar-refractivity contribution is 5.95. The SMILES string of the molecule is Cc1cccc(-n2ncc(C(=O)N3CCC[C@@H](c4nc5ccccc5o4)C3)c2C)c1. The monoisotopic (exact) mass is 400 g/mol. The molecule has 2 aromatic heterocycles. The van der Waals surface area contributed by atoms with E-state index in [-0.39, 0.29) is 11.8 Å². The molecule has 0 spiro atoms. The highest BCUT2D eigenvalue weighted by Crippen LogP contribution is 2.30. The lowest BCUT2D eigenvalue weighted by Gasteiger charge is -2.31. The summed E-state index contributed by atoms with van der Waals surface area (Å²) in [5, 5.41) is 4.49. The Kier molecular flexibility index (Phi) is 4.62. The number of likely N-dealkylation sites (tertiary alicyclic amines) is 1. The molecular formula is C24H24N4O2. The van der Waals surface area contributed by atoms with Crippen LogP contribution in [0.3, 0.4) is 0 Å². The number of nitrogens with zero attached hydrogens (tertiary/aromatic N) is 4. The van der Waals surface area contributed by atoms with Crippen LogP contribution in [0.2, 0.25) is 0 Å². The molecule has 4 aromatic rings. The number of aryl methyl sites for hydroxylation is 1. The molecule has 1 atom stereocenters. The van der Waals surface area contributed by atoms with Gasteiger partial charge < -0.3 is 9.32 Å². The number of fused-ring (bicyclic) bond motifs is 1. The van der Waals surface area contributed by atoms with Gasteiger partial charge in [0.1, 0.15) is 5.52 Å². The number of oxazole rings is 1. The maximum atomic E-state index is 13.3. The predicted molar refractivity (Wildman–Crippen MR) is 115 cm³/mol. The maximum absolute atomic E-state index is 13.3. The standard InChI is InChI=1S/C24H24N4O2/c1-16-7-5-9-19(13-16)28-17(2)20(14-25-28)24(29)27-12-6-8-18(15-27)23-26-21-10-3-4-11-22(21)30-23/h3-5,7,9-11,13-14,18H,6,8,12,15H2,1-2H3/t18-/m1/s1. The van der Waals surface area contributed by atoms with E-state index in [1.54, 1.807) is 6.20 Å². The first-order valence-corrected chi connectivity index (χ1v) is 10.4. The van der Waals surface area contributed by atoms with Crippen LogP contribution in [-0.2, 0) is 0 Å². The number of hydrogen-bond donors (Lipinski definition) is 0. The third-order valence-corrected chi connectivity index (χ3v) is 5.85. The molecule has 2 aromatic carbocycles. The Morgan fingerprint density at radius 1 is 1.13 bits per heavy atom. The fourth-order valence-corrected chi connectivity index (χ4v) is 4.24. The van der Waals surface area contributed by atoms with E-state index in [4.69, 9.17) is 4.42 Å². The molecule has 30 heavy (non-hydrogen) atoms. The average Bonchev–Trinajstić information content (AvgIpc) is 3.37. The van der Waals surface area contributed by atoms with Gasteiger partial charge in [0.05, 0.1) is 29.1 Å². The van der Waals surface area contributed by atoms with Crippen LogP contribution in [0.5, 0.6) is 0 Å². The molecule has 0 saturated carbocycles. The van der Waals surface area contributed by atoms with Crippen LogP contribution in [0.15, 0.2) is 59.1 Å². The third kappa shape index (κ3) is 3.28. The molecule has 0 unspecified atom stereocenters. The summed E-state index contributed by atoms with van der Waals surface area (Å²) < 4.78 is 7.81. The first kappa shape index (κ1) is 18.6. The second-order valence-electron chi connectivity index (χ2n) is 8.00. The van der Waals surface area contributed by atoms with E-state index in [1.807, 2.05) is 65.9 Å². The summed E-state index contributed by atoms with van der Waals surface area (Å²) in [6.07, 6.45) is 3.58. The van der Waals surface area contributed by atoms with Crippen molar-refractivity contribution >= 4 is 17.0 Å². The van der Waals surface area contributed by atoms with E-state index in [1.165, 1.54) is 0 Å². The molecule has 1 aliphatic heterocycles. The summed E-state index contributed by atoms with van der Waals surface area (Å²) in [7, 11) is 0. The zero-order valence-corrected chi connectivity index (χ0v) is 17.2. The Labute approximate surface area is 175 Å². The van der Waals surface area contributed by atoms with Gasteiger partial charge in [-0.15, -0.1) is 0 Å². The molecule has 6 nitrogen and oxygen atoms in total. The number of carbonyl (C=O) groups is 1. The number of benzene rings is 2. The first-order chi connectivity index (χ1) is 14.6. The molecule has 0 radical (unpaired) electrons. The topological polar surface area (TPSA) is 64.2 Å². The van der Waals surface area contributed by atoms with E-state index < -0.39 is 0 Å². The van der Waals surface area contributed by atoms with Gasteiger partial charge in [-0.25, -0.2) is 9.67 Å². The van der Waals surface area contributed by atoms with Gasteiger partial charge in [0.25, 0.3) is 5.91 Å². The molecule has 1 saturated heterocycles. The third-order valence-electron chi connectivity index (χ3n) is 5.85. The smallest absolute Gasteiger partial charge is 0.257 e. The largest absolute Gasteiger partial charge is 0.440 e. The number of hydrogen-bond acceptors (Lipinski definition) is 4. The summed E-state index contributed by atoms with van der Waals surface area (Å²) in [6.45, 7) is 5.35. The molecular weight excluding hydrogens is 376 g/mol. The number of aromatic nitrogens is 3. The van der Waals surface area contributed by atoms with Gasteiger partial charge in [0.15, 0.2) is 11.5 Å². The molecule has 0 bridgehead atoms. The second kappa shape index (κ2) is 7.44. The molecule has 1 fully saturated rings. The minimum absolute atomic E-state index is 0.0206. The highest BCUT2D eigenvalue weighted by atomic mass is 16.3. The van der Waals surface area contributed by atoms with Gasteiger partial charge in [0, 0.05) is 13.1 Å². The number of carbonyl (C=O) groups excluding carboxylic acids is 1. The van der Waals surface area contributed by atoms with E-state index >= 15 is 0 Å². The van der Waals surface area contributed by atoms with Crippen molar-refractivity contribution in [1.82, 2.24) is 19.7 Å². The van der Waals surface area contributed by atoms with Crippen molar-refractivity contribution in [2.45, 2.75) is 32.6 Å². The number of piperidine rings is 1. The lowest BCUT2D eigenvalue weighted by Crippen LogP contribution is -2.39. The quantitative estimate of drug-likeness (QED) is 0.502. The van der Waals surface area contributed by atoms with Crippen LogP contribution < -0.4 is 0 Å². The predicted octanol–water partition coefficient (Wildman–Crippen LogP) is 4.65. The Hall–Kier alpha value is -3.41. The Morgan fingerprint density at radius 2 is 2.00 bits per heavy atom. The normalized spacial score (nSPS) is 16.9. The van der Waals surface area contributed by atoms with Gasteiger partial charge in [-0.1, -0.05) is 24.3 Å². The van der Waals surface area contributed by atoms with E-state index in [0.29, 0.717) is 12.1 Å². The molecule has 0 N–H and O–H groups in total. The van der Waals surface area contributed by atoms with Crippen molar-refractivity contribution in [3.05, 3.63) is 77.4 Å². The zero-order chi connectivity index (χ0) is 20.7. The fourth-order valence-electron chi connectivity index (χ4n) is 4.24. The molecule has 3 heterocycles. The molecule has 6 heteroatoms. The van der Waals surface area contributed by atoms with Crippen molar-refractivity contribution in [3.8, 4) is 5.69 Å². The van der Waals surface area contributed by atoms with Crippen molar-refractivity contribution < 1.29 is 9.21 Å². The minimum atomic E-state index is 0.0206. The molecule has 1 amide bonds. The van der Waals surface area contributed by atoms with E-state index in [2.05, 4.69) is 16.1 Å². The van der Waals surface area contributed by atoms with Crippen molar-refractivity contribution in [2.24, 2.45) is 0 Å². The van der Waals surface area contributed by atoms with Gasteiger partial charge in [-0.05, 0) is 56.5 Å². The van der Waals surface area contributed by atoms with E-state index in [0.717, 1.165) is 53.3 Å². The number of para-hydroxylation sites is 2. The number of amides is 1. The minimum Gasteiger partial charge on any atom is -0.440 e. The molecule has 1 aliphatic rings. The summed E-state index contributed by atoms with van der Waals surface area (Å²) >= 11 is 0. The van der Waals surface area contributed by atoms with Crippen LogP contribution in [-0.4, -0.2) is 38.7 Å².